The number of rotatable bonds is 2. The van der Waals surface area contributed by atoms with Crippen molar-refractivity contribution in [2.75, 3.05) is 11.4 Å². The van der Waals surface area contributed by atoms with Crippen molar-refractivity contribution in [3.05, 3.63) is 28.7 Å². The Morgan fingerprint density at radius 3 is 2.68 bits per heavy atom. The first-order chi connectivity index (χ1) is 9.03. The first kappa shape index (κ1) is 13.0. The molecule has 4 heteroatoms. The van der Waals surface area contributed by atoms with E-state index in [2.05, 4.69) is 57.9 Å². The average Bonchev–Trinajstić information content (AvgIpc) is 2.66. The SMILES string of the molecule is CC(C)C1CC2(CN=C(N)N2c2ccccc2Br)C1. The summed E-state index contributed by atoms with van der Waals surface area (Å²) in [6.45, 7) is 5.45. The van der Waals surface area contributed by atoms with E-state index in [1.54, 1.807) is 0 Å². The number of anilines is 1. The predicted molar refractivity (Wildman–Crippen MR) is 83.4 cm³/mol. The first-order valence-electron chi connectivity index (χ1n) is 6.88. The molecule has 2 N–H and O–H groups in total. The summed E-state index contributed by atoms with van der Waals surface area (Å²) in [6.07, 6.45) is 2.38. The van der Waals surface area contributed by atoms with Gasteiger partial charge in [-0.15, -0.1) is 0 Å². The van der Waals surface area contributed by atoms with Crippen LogP contribution in [-0.2, 0) is 0 Å². The molecule has 1 aliphatic carbocycles. The van der Waals surface area contributed by atoms with Crippen LogP contribution in [0.1, 0.15) is 26.7 Å². The largest absolute Gasteiger partial charge is 0.369 e. The average molecular weight is 322 g/mol. The fourth-order valence-electron chi connectivity index (χ4n) is 3.32. The number of para-hydroxylation sites is 1. The lowest BCUT2D eigenvalue weighted by atomic mass is 9.63. The zero-order chi connectivity index (χ0) is 13.6. The summed E-state index contributed by atoms with van der Waals surface area (Å²) in [6, 6.07) is 8.26. The Hall–Kier alpha value is -1.03. The van der Waals surface area contributed by atoms with Crippen LogP contribution in [0.3, 0.4) is 0 Å². The molecule has 0 atom stereocenters. The number of nitrogens with two attached hydrogens (primary N) is 1. The normalized spacial score (nSPS) is 29.8. The van der Waals surface area contributed by atoms with Crippen LogP contribution in [0.25, 0.3) is 0 Å². The van der Waals surface area contributed by atoms with Crippen LogP contribution in [0, 0.1) is 11.8 Å². The van der Waals surface area contributed by atoms with E-state index in [4.69, 9.17) is 5.73 Å². The lowest BCUT2D eigenvalue weighted by molar-refractivity contribution is 0.121. The Kier molecular flexibility index (Phi) is 3.08. The van der Waals surface area contributed by atoms with Crippen molar-refractivity contribution in [2.24, 2.45) is 22.6 Å². The molecule has 1 saturated carbocycles. The van der Waals surface area contributed by atoms with Crippen molar-refractivity contribution in [1.82, 2.24) is 0 Å². The maximum Gasteiger partial charge on any atom is 0.196 e. The minimum absolute atomic E-state index is 0.128. The van der Waals surface area contributed by atoms with Gasteiger partial charge in [-0.3, -0.25) is 4.99 Å². The summed E-state index contributed by atoms with van der Waals surface area (Å²) in [5.41, 5.74) is 7.41. The maximum atomic E-state index is 6.14. The van der Waals surface area contributed by atoms with Gasteiger partial charge in [0.15, 0.2) is 5.96 Å². The number of benzene rings is 1. The third-order valence-electron chi connectivity index (χ3n) is 4.56. The van der Waals surface area contributed by atoms with Gasteiger partial charge >= 0.3 is 0 Å². The first-order valence-corrected chi connectivity index (χ1v) is 7.67. The number of nitrogens with zero attached hydrogens (tertiary/aromatic N) is 2. The van der Waals surface area contributed by atoms with Crippen LogP contribution in [0.5, 0.6) is 0 Å². The van der Waals surface area contributed by atoms with Crippen LogP contribution in [0.15, 0.2) is 33.7 Å². The molecule has 102 valence electrons. The fraction of sp³-hybridized carbons (Fsp3) is 0.533. The smallest absolute Gasteiger partial charge is 0.196 e. The van der Waals surface area contributed by atoms with Gasteiger partial charge < -0.3 is 10.6 Å². The lowest BCUT2D eigenvalue weighted by Gasteiger charge is -2.52. The van der Waals surface area contributed by atoms with E-state index in [1.807, 2.05) is 6.07 Å². The van der Waals surface area contributed by atoms with Crippen LogP contribution < -0.4 is 10.6 Å². The Balaban J connectivity index is 1.91. The zero-order valence-corrected chi connectivity index (χ0v) is 13.0. The molecule has 1 aromatic rings. The summed E-state index contributed by atoms with van der Waals surface area (Å²) in [4.78, 5) is 6.75. The molecule has 2 aliphatic rings. The summed E-state index contributed by atoms with van der Waals surface area (Å²) in [5, 5.41) is 0. The van der Waals surface area contributed by atoms with Crippen LogP contribution in [0.2, 0.25) is 0 Å². The summed E-state index contributed by atoms with van der Waals surface area (Å²) in [7, 11) is 0. The third-order valence-corrected chi connectivity index (χ3v) is 5.23. The van der Waals surface area contributed by atoms with Gasteiger partial charge in [-0.25, -0.2) is 0 Å². The second kappa shape index (κ2) is 4.51. The van der Waals surface area contributed by atoms with Crippen LogP contribution >= 0.6 is 15.9 Å². The third kappa shape index (κ3) is 1.97. The summed E-state index contributed by atoms with van der Waals surface area (Å²) < 4.78 is 1.09. The molecule has 3 nitrogen and oxygen atoms in total. The Labute approximate surface area is 123 Å². The van der Waals surface area contributed by atoms with Crippen molar-refractivity contribution in [3.63, 3.8) is 0 Å². The Bertz CT molecular complexity index is 518. The van der Waals surface area contributed by atoms with Crippen molar-refractivity contribution in [1.29, 1.82) is 0 Å². The standard InChI is InChI=1S/C15H20BrN3/c1-10(2)11-7-15(8-11)9-18-14(17)19(15)13-6-4-3-5-12(13)16/h3-6,10-11H,7-9H2,1-2H3,(H2,17,18). The quantitative estimate of drug-likeness (QED) is 0.907. The number of aliphatic imine (C=N–C) groups is 1. The van der Waals surface area contributed by atoms with Crippen molar-refractivity contribution < 1.29 is 0 Å². The highest BCUT2D eigenvalue weighted by Gasteiger charge is 2.53. The van der Waals surface area contributed by atoms with E-state index < -0.39 is 0 Å². The fourth-order valence-corrected chi connectivity index (χ4v) is 3.79. The maximum absolute atomic E-state index is 6.14. The van der Waals surface area contributed by atoms with Crippen LogP contribution in [-0.4, -0.2) is 18.0 Å². The number of hydrogen-bond donors (Lipinski definition) is 1. The molecule has 0 aromatic heterocycles. The molecule has 1 heterocycles. The van der Waals surface area contributed by atoms with E-state index in [-0.39, 0.29) is 5.54 Å². The number of hydrogen-bond acceptors (Lipinski definition) is 3. The minimum Gasteiger partial charge on any atom is -0.369 e. The molecule has 3 rings (SSSR count). The number of guanidine groups is 1. The van der Waals surface area contributed by atoms with Gasteiger partial charge in [-0.1, -0.05) is 26.0 Å². The van der Waals surface area contributed by atoms with Gasteiger partial charge in [0.2, 0.25) is 0 Å². The van der Waals surface area contributed by atoms with E-state index in [0.717, 1.165) is 28.5 Å². The van der Waals surface area contributed by atoms with Crippen LogP contribution in [0.4, 0.5) is 5.69 Å². The molecule has 1 fully saturated rings. The summed E-state index contributed by atoms with van der Waals surface area (Å²) in [5.74, 6) is 2.20. The minimum atomic E-state index is 0.128. The van der Waals surface area contributed by atoms with Gasteiger partial charge in [-0.05, 0) is 52.7 Å². The Morgan fingerprint density at radius 2 is 2.05 bits per heavy atom. The molecular weight excluding hydrogens is 302 g/mol. The monoisotopic (exact) mass is 321 g/mol. The molecular formula is C15H20BrN3. The lowest BCUT2D eigenvalue weighted by Crippen LogP contribution is -2.60. The molecule has 0 unspecified atom stereocenters. The highest BCUT2D eigenvalue weighted by atomic mass is 79.9. The van der Waals surface area contributed by atoms with Crippen molar-refractivity contribution >= 4 is 27.6 Å². The van der Waals surface area contributed by atoms with E-state index in [9.17, 15) is 0 Å². The predicted octanol–water partition coefficient (Wildman–Crippen LogP) is 3.39. The highest BCUT2D eigenvalue weighted by Crippen LogP contribution is 2.50. The van der Waals surface area contributed by atoms with Gasteiger partial charge in [0.25, 0.3) is 0 Å². The molecule has 1 aromatic carbocycles. The van der Waals surface area contributed by atoms with Gasteiger partial charge in [-0.2, -0.15) is 0 Å². The summed E-state index contributed by atoms with van der Waals surface area (Å²) >= 11 is 3.63. The molecule has 0 bridgehead atoms. The molecule has 0 saturated heterocycles. The van der Waals surface area contributed by atoms with E-state index in [0.29, 0.717) is 5.96 Å². The molecule has 0 radical (unpaired) electrons. The second-order valence-electron chi connectivity index (χ2n) is 6.10. The number of halogens is 1. The van der Waals surface area contributed by atoms with Gasteiger partial charge in [0.1, 0.15) is 0 Å². The van der Waals surface area contributed by atoms with Crippen molar-refractivity contribution in [2.45, 2.75) is 32.2 Å². The van der Waals surface area contributed by atoms with Crippen molar-refractivity contribution in [3.8, 4) is 0 Å². The molecule has 0 amide bonds. The molecule has 1 aliphatic heterocycles. The van der Waals surface area contributed by atoms with E-state index >= 15 is 0 Å². The van der Waals surface area contributed by atoms with E-state index in [1.165, 1.54) is 12.8 Å². The topological polar surface area (TPSA) is 41.6 Å². The Morgan fingerprint density at radius 1 is 1.37 bits per heavy atom. The van der Waals surface area contributed by atoms with Gasteiger partial charge in [0.05, 0.1) is 17.8 Å². The molecule has 19 heavy (non-hydrogen) atoms. The zero-order valence-electron chi connectivity index (χ0n) is 11.4. The van der Waals surface area contributed by atoms with Gasteiger partial charge in [0, 0.05) is 4.47 Å². The second-order valence-corrected chi connectivity index (χ2v) is 6.95. The molecule has 1 spiro atoms. The highest BCUT2D eigenvalue weighted by molar-refractivity contribution is 9.10.